The zero-order chi connectivity index (χ0) is 19.0. The number of fused-ring (bicyclic) bond motifs is 3. The molecule has 0 saturated heterocycles. The Balaban J connectivity index is 1.83. The molecule has 0 aliphatic heterocycles. The van der Waals surface area contributed by atoms with Crippen LogP contribution >= 0.6 is 11.8 Å². The molecule has 2 N–H and O–H groups in total. The number of hydrogen-bond donors (Lipinski definition) is 2. The third-order valence-electron chi connectivity index (χ3n) is 4.21. The molecule has 4 aromatic rings. The molecule has 0 aliphatic rings. The average molecular weight is 382 g/mol. The van der Waals surface area contributed by atoms with E-state index in [0.29, 0.717) is 27.3 Å². The minimum atomic E-state index is -0.212. The number of hydrogen-bond acceptors (Lipinski definition) is 6. The fourth-order valence-corrected chi connectivity index (χ4v) is 3.81. The van der Waals surface area contributed by atoms with E-state index in [9.17, 15) is 4.79 Å². The van der Waals surface area contributed by atoms with Crippen molar-refractivity contribution < 1.29 is 9.84 Å². The number of ether oxygens (including phenoxy) is 1. The standard InChI is InChI=1S/C19H18N4O3S/c1-11-3-6-16(12(2)9-11)27-19-17-20-18(25)14-5-4-13(26-8-7-24)10-15(14)23(17)22-21-19/h3-6,9-10,24H,7-8H2,1-2H3,(H,20,25). The number of rotatable bonds is 5. The zero-order valence-electron chi connectivity index (χ0n) is 14.9. The Labute approximate surface area is 159 Å². The summed E-state index contributed by atoms with van der Waals surface area (Å²) in [5.41, 5.74) is 3.26. The van der Waals surface area contributed by atoms with Crippen LogP contribution in [0.15, 0.2) is 51.1 Å². The van der Waals surface area contributed by atoms with Gasteiger partial charge in [0.2, 0.25) is 0 Å². The number of benzene rings is 2. The summed E-state index contributed by atoms with van der Waals surface area (Å²) in [6.45, 7) is 4.20. The van der Waals surface area contributed by atoms with E-state index in [1.165, 1.54) is 17.3 Å². The van der Waals surface area contributed by atoms with Crippen LogP contribution in [-0.2, 0) is 0 Å². The van der Waals surface area contributed by atoms with Crippen molar-refractivity contribution in [2.24, 2.45) is 0 Å². The van der Waals surface area contributed by atoms with Crippen molar-refractivity contribution in [3.05, 3.63) is 57.9 Å². The highest BCUT2D eigenvalue weighted by Gasteiger charge is 2.15. The number of H-pyrrole nitrogens is 1. The number of aliphatic hydroxyl groups excluding tert-OH is 1. The van der Waals surface area contributed by atoms with E-state index in [1.54, 1.807) is 22.7 Å². The lowest BCUT2D eigenvalue weighted by molar-refractivity contribution is 0.201. The lowest BCUT2D eigenvalue weighted by atomic mass is 10.2. The van der Waals surface area contributed by atoms with E-state index in [4.69, 9.17) is 9.84 Å². The molecular formula is C19H18N4O3S. The van der Waals surface area contributed by atoms with Crippen LogP contribution in [0.5, 0.6) is 5.75 Å². The molecule has 0 spiro atoms. The Hall–Kier alpha value is -2.84. The maximum atomic E-state index is 12.5. The maximum Gasteiger partial charge on any atom is 0.259 e. The molecule has 0 saturated carbocycles. The lowest BCUT2D eigenvalue weighted by Gasteiger charge is -2.07. The molecule has 0 radical (unpaired) electrons. The molecule has 7 nitrogen and oxygen atoms in total. The van der Waals surface area contributed by atoms with Gasteiger partial charge in [-0.1, -0.05) is 34.7 Å². The fourth-order valence-electron chi connectivity index (χ4n) is 2.94. The fraction of sp³-hybridized carbons (Fsp3) is 0.211. The summed E-state index contributed by atoms with van der Waals surface area (Å²) in [7, 11) is 0. The monoisotopic (exact) mass is 382 g/mol. The van der Waals surface area contributed by atoms with Crippen molar-refractivity contribution in [2.75, 3.05) is 13.2 Å². The van der Waals surface area contributed by atoms with E-state index in [-0.39, 0.29) is 18.8 Å². The van der Waals surface area contributed by atoms with Gasteiger partial charge in [0.05, 0.1) is 17.5 Å². The van der Waals surface area contributed by atoms with E-state index in [1.807, 2.05) is 19.1 Å². The normalized spacial score (nSPS) is 11.4. The third-order valence-corrected chi connectivity index (χ3v) is 5.36. The van der Waals surface area contributed by atoms with Gasteiger partial charge >= 0.3 is 0 Å². The molecule has 0 unspecified atom stereocenters. The molecule has 8 heteroatoms. The van der Waals surface area contributed by atoms with Gasteiger partial charge < -0.3 is 14.8 Å². The number of aryl methyl sites for hydroxylation is 2. The van der Waals surface area contributed by atoms with Crippen LogP contribution in [0, 0.1) is 13.8 Å². The van der Waals surface area contributed by atoms with Gasteiger partial charge in [-0.15, -0.1) is 5.10 Å². The molecule has 4 rings (SSSR count). The predicted molar refractivity (Wildman–Crippen MR) is 104 cm³/mol. The van der Waals surface area contributed by atoms with E-state index in [0.717, 1.165) is 10.5 Å². The van der Waals surface area contributed by atoms with Crippen LogP contribution in [0.1, 0.15) is 11.1 Å². The SMILES string of the molecule is Cc1ccc(Sc2nnn3c2[nH]c(=O)c2ccc(OCCO)cc23)c(C)c1. The van der Waals surface area contributed by atoms with Crippen LogP contribution in [0.2, 0.25) is 0 Å². The molecule has 0 aliphatic carbocycles. The average Bonchev–Trinajstić information content (AvgIpc) is 3.05. The smallest absolute Gasteiger partial charge is 0.259 e. The van der Waals surface area contributed by atoms with Crippen LogP contribution in [-0.4, -0.2) is 38.1 Å². The van der Waals surface area contributed by atoms with Gasteiger partial charge in [-0.25, -0.2) is 0 Å². The van der Waals surface area contributed by atoms with Crippen molar-refractivity contribution in [1.29, 1.82) is 0 Å². The number of nitrogens with one attached hydrogen (secondary N) is 1. The largest absolute Gasteiger partial charge is 0.491 e. The summed E-state index contributed by atoms with van der Waals surface area (Å²) in [6.07, 6.45) is 0. The van der Waals surface area contributed by atoms with Crippen LogP contribution in [0.4, 0.5) is 0 Å². The van der Waals surface area contributed by atoms with Gasteiger partial charge in [-0.3, -0.25) is 4.79 Å². The second-order valence-corrected chi connectivity index (χ2v) is 7.26. The molecule has 138 valence electrons. The second-order valence-electron chi connectivity index (χ2n) is 6.23. The molecular weight excluding hydrogens is 364 g/mol. The summed E-state index contributed by atoms with van der Waals surface area (Å²) < 4.78 is 7.06. The van der Waals surface area contributed by atoms with Gasteiger partial charge in [-0.05, 0) is 37.6 Å². The van der Waals surface area contributed by atoms with Crippen molar-refractivity contribution >= 4 is 28.3 Å². The quantitative estimate of drug-likeness (QED) is 0.551. The molecule has 0 amide bonds. The van der Waals surface area contributed by atoms with Crippen molar-refractivity contribution in [3.8, 4) is 5.75 Å². The Bertz CT molecular complexity index is 1200. The molecule has 27 heavy (non-hydrogen) atoms. The Morgan fingerprint density at radius 2 is 2.07 bits per heavy atom. The van der Waals surface area contributed by atoms with Crippen molar-refractivity contribution in [2.45, 2.75) is 23.8 Å². The highest BCUT2D eigenvalue weighted by molar-refractivity contribution is 7.99. The third kappa shape index (κ3) is 3.29. The minimum Gasteiger partial charge on any atom is -0.491 e. The van der Waals surface area contributed by atoms with Crippen molar-refractivity contribution in [3.63, 3.8) is 0 Å². The van der Waals surface area contributed by atoms with Crippen LogP contribution in [0.25, 0.3) is 16.6 Å². The van der Waals surface area contributed by atoms with Gasteiger partial charge in [0.15, 0.2) is 10.7 Å². The highest BCUT2D eigenvalue weighted by atomic mass is 32.2. The van der Waals surface area contributed by atoms with Gasteiger partial charge in [0.25, 0.3) is 5.56 Å². The Morgan fingerprint density at radius 3 is 2.85 bits per heavy atom. The summed E-state index contributed by atoms with van der Waals surface area (Å²) in [5.74, 6) is 0.558. The summed E-state index contributed by atoms with van der Waals surface area (Å²) in [4.78, 5) is 16.5. The topological polar surface area (TPSA) is 92.5 Å². The summed E-state index contributed by atoms with van der Waals surface area (Å²) >= 11 is 1.47. The summed E-state index contributed by atoms with van der Waals surface area (Å²) in [5, 5.41) is 18.5. The number of aromatic nitrogens is 4. The first-order valence-corrected chi connectivity index (χ1v) is 9.28. The molecule has 0 fully saturated rings. The molecule has 2 aromatic heterocycles. The minimum absolute atomic E-state index is 0.0805. The molecule has 0 bridgehead atoms. The van der Waals surface area contributed by atoms with Gasteiger partial charge in [0, 0.05) is 11.0 Å². The lowest BCUT2D eigenvalue weighted by Crippen LogP contribution is -2.10. The Kier molecular flexibility index (Phi) is 4.59. The van der Waals surface area contributed by atoms with Crippen molar-refractivity contribution in [1.82, 2.24) is 19.8 Å². The van der Waals surface area contributed by atoms with Gasteiger partial charge in [-0.2, -0.15) is 4.52 Å². The first-order chi connectivity index (χ1) is 13.1. The Morgan fingerprint density at radius 1 is 1.22 bits per heavy atom. The highest BCUT2D eigenvalue weighted by Crippen LogP contribution is 2.32. The first kappa shape index (κ1) is 17.6. The first-order valence-electron chi connectivity index (χ1n) is 8.47. The molecule has 0 atom stereocenters. The number of aromatic amines is 1. The van der Waals surface area contributed by atoms with Gasteiger partial charge in [0.1, 0.15) is 12.4 Å². The number of nitrogens with zero attached hydrogens (tertiary/aromatic N) is 3. The van der Waals surface area contributed by atoms with Crippen LogP contribution in [0.3, 0.4) is 0 Å². The number of aliphatic hydroxyl groups is 1. The van der Waals surface area contributed by atoms with E-state index >= 15 is 0 Å². The van der Waals surface area contributed by atoms with E-state index in [2.05, 4.69) is 28.3 Å². The van der Waals surface area contributed by atoms with E-state index < -0.39 is 0 Å². The van der Waals surface area contributed by atoms with Crippen LogP contribution < -0.4 is 10.3 Å². The maximum absolute atomic E-state index is 12.5. The second kappa shape index (κ2) is 7.05. The zero-order valence-corrected chi connectivity index (χ0v) is 15.7. The molecule has 2 aromatic carbocycles. The predicted octanol–water partition coefficient (Wildman–Crippen LogP) is 2.71. The summed E-state index contributed by atoms with van der Waals surface area (Å²) in [6, 6.07) is 11.3. The molecule has 2 heterocycles.